The molecule has 0 fully saturated rings. The van der Waals surface area contributed by atoms with Crippen molar-refractivity contribution in [3.63, 3.8) is 0 Å². The molecule has 0 aliphatic carbocycles. The van der Waals surface area contributed by atoms with Gasteiger partial charge in [-0.25, -0.2) is 0 Å². The average molecular weight is 1020 g/mol. The molecule has 16 heteroatoms. The van der Waals surface area contributed by atoms with Crippen molar-refractivity contribution in [3.8, 4) is 0 Å². The van der Waals surface area contributed by atoms with Crippen LogP contribution >= 0.6 is 23.5 Å². The van der Waals surface area contributed by atoms with Gasteiger partial charge in [0.25, 0.3) is 23.5 Å². The van der Waals surface area contributed by atoms with Gasteiger partial charge in [-0.2, -0.15) is 0 Å². The minimum absolute atomic E-state index is 0. The summed E-state index contributed by atoms with van der Waals surface area (Å²) in [5.74, 6) is 0. The van der Waals surface area contributed by atoms with E-state index in [-0.39, 0.29) is 54.0 Å². The Morgan fingerprint density at radius 3 is 0.516 bits per heavy atom. The molecular formula is C48H102CrO12P3. The molecule has 0 rings (SSSR count). The molecule has 0 saturated heterocycles. The molecule has 6 atom stereocenters. The molecular weight excluding hydrogens is 913 g/mol. The Morgan fingerprint density at radius 2 is 0.406 bits per heavy atom. The van der Waals surface area contributed by atoms with Gasteiger partial charge < -0.3 is 41.8 Å². The minimum atomic E-state index is -4.17. The molecule has 0 aromatic carbocycles. The summed E-state index contributed by atoms with van der Waals surface area (Å²) in [5.41, 5.74) is 0. The van der Waals surface area contributed by atoms with E-state index in [2.05, 4.69) is 41.5 Å². The van der Waals surface area contributed by atoms with Crippen molar-refractivity contribution < 1.29 is 72.9 Å². The standard InChI is InChI=1S/3C16H35O4P.Cr/c3*1-5-7-9-11-13-15(3)19-21(17,18)20-16(4)14-12-10-8-6-2;/h3*15-16H,5-14H2,1-4H3,(H,17,18);/q;;;+3/p-3. The molecule has 0 aromatic heterocycles. The fourth-order valence-corrected chi connectivity index (χ4v) is 10.3. The Balaban J connectivity index is -0.000000419. The van der Waals surface area contributed by atoms with Crippen LogP contribution in [0.4, 0.5) is 0 Å². The van der Waals surface area contributed by atoms with E-state index >= 15 is 0 Å². The van der Waals surface area contributed by atoms with Crippen LogP contribution in [0.2, 0.25) is 0 Å². The van der Waals surface area contributed by atoms with Crippen molar-refractivity contribution in [1.29, 1.82) is 0 Å². The third kappa shape index (κ3) is 53.8. The van der Waals surface area contributed by atoms with Gasteiger partial charge in [0, 0.05) is 0 Å². The number of hydrogen-bond donors (Lipinski definition) is 0. The molecule has 12 nitrogen and oxygen atoms in total. The zero-order chi connectivity index (χ0) is 48.4. The van der Waals surface area contributed by atoms with Gasteiger partial charge in [0.05, 0.1) is 36.6 Å². The average Bonchev–Trinajstić information content (AvgIpc) is 3.18. The van der Waals surface area contributed by atoms with Crippen LogP contribution in [0.15, 0.2) is 0 Å². The van der Waals surface area contributed by atoms with Crippen molar-refractivity contribution in [2.24, 2.45) is 0 Å². The van der Waals surface area contributed by atoms with E-state index in [0.29, 0.717) is 0 Å². The fraction of sp³-hybridized carbons (Fsp3) is 1.00. The Morgan fingerprint density at radius 1 is 0.281 bits per heavy atom. The van der Waals surface area contributed by atoms with E-state index in [1.165, 1.54) is 77.0 Å². The maximum Gasteiger partial charge on any atom is 3.00 e. The summed E-state index contributed by atoms with van der Waals surface area (Å²) in [6, 6.07) is 0. The van der Waals surface area contributed by atoms with Crippen LogP contribution in [0.1, 0.15) is 276 Å². The summed E-state index contributed by atoms with van der Waals surface area (Å²) in [5, 5.41) is 0. The van der Waals surface area contributed by atoms with Crippen LogP contribution in [0.5, 0.6) is 0 Å². The van der Waals surface area contributed by atoms with Crippen molar-refractivity contribution >= 4 is 23.5 Å². The third-order valence-corrected chi connectivity index (χ3v) is 14.3. The SMILES string of the molecule is CCCCCCC(C)OP(=O)([O-])OC(C)CCCCCC.CCCCCCC(C)OP(=O)([O-])OC(C)CCCCCC.CCCCCCC(C)OP(=O)([O-])OC(C)CCCCCC.[Cr+3]. The summed E-state index contributed by atoms with van der Waals surface area (Å²) >= 11 is 0. The first-order valence-electron chi connectivity index (χ1n) is 25.8. The van der Waals surface area contributed by atoms with E-state index in [0.717, 1.165) is 116 Å². The second kappa shape index (κ2) is 47.5. The molecule has 0 amide bonds. The van der Waals surface area contributed by atoms with Gasteiger partial charge in [-0.15, -0.1) is 0 Å². The molecule has 0 heterocycles. The summed E-state index contributed by atoms with van der Waals surface area (Å²) in [6.45, 7) is 23.7. The largest absolute Gasteiger partial charge is 3.00 e. The second-order valence-corrected chi connectivity index (χ2v) is 21.9. The van der Waals surface area contributed by atoms with Crippen molar-refractivity contribution in [2.75, 3.05) is 0 Å². The molecule has 0 spiro atoms. The van der Waals surface area contributed by atoms with E-state index in [9.17, 15) is 28.4 Å². The Labute approximate surface area is 406 Å². The van der Waals surface area contributed by atoms with Crippen molar-refractivity contribution in [1.82, 2.24) is 0 Å². The number of rotatable bonds is 42. The molecule has 1 radical (unpaired) electrons. The third-order valence-electron chi connectivity index (χ3n) is 10.6. The van der Waals surface area contributed by atoms with Gasteiger partial charge in [0.15, 0.2) is 0 Å². The van der Waals surface area contributed by atoms with Gasteiger partial charge in [0.1, 0.15) is 0 Å². The zero-order valence-corrected chi connectivity index (χ0v) is 47.3. The van der Waals surface area contributed by atoms with Crippen LogP contribution in [0.25, 0.3) is 0 Å². The van der Waals surface area contributed by atoms with Crippen LogP contribution in [0, 0.1) is 0 Å². The topological polar surface area (TPSA) is 176 Å². The van der Waals surface area contributed by atoms with Crippen LogP contribution in [0.3, 0.4) is 0 Å². The van der Waals surface area contributed by atoms with Crippen LogP contribution in [-0.4, -0.2) is 36.6 Å². The molecule has 0 bridgehead atoms. The zero-order valence-electron chi connectivity index (χ0n) is 43.3. The Kier molecular flexibility index (Phi) is 53.0. The molecule has 0 aliphatic heterocycles. The van der Waals surface area contributed by atoms with Gasteiger partial charge >= 0.3 is 17.4 Å². The predicted molar refractivity (Wildman–Crippen MR) is 259 cm³/mol. The Hall–Kier alpha value is 0.862. The number of hydrogen-bond acceptors (Lipinski definition) is 12. The monoisotopic (exact) mass is 1020 g/mol. The van der Waals surface area contributed by atoms with Gasteiger partial charge in [0.2, 0.25) is 0 Å². The maximum atomic E-state index is 11.8. The summed E-state index contributed by atoms with van der Waals surface area (Å²) in [7, 11) is -12.5. The summed E-state index contributed by atoms with van der Waals surface area (Å²) in [6.07, 6.45) is 29.8. The van der Waals surface area contributed by atoms with E-state index in [1.54, 1.807) is 41.5 Å². The molecule has 0 aliphatic rings. The Bertz CT molecular complexity index is 919. The quantitative estimate of drug-likeness (QED) is 0.0418. The van der Waals surface area contributed by atoms with Crippen molar-refractivity contribution in [2.45, 2.75) is 312 Å². The predicted octanol–water partition coefficient (Wildman–Crippen LogP) is 15.6. The molecule has 0 saturated carbocycles. The van der Waals surface area contributed by atoms with Gasteiger partial charge in [-0.1, -0.05) is 196 Å². The smallest absolute Gasteiger partial charge is 0.756 e. The molecule has 0 aromatic rings. The van der Waals surface area contributed by atoms with Gasteiger partial charge in [-0.3, -0.25) is 13.7 Å². The number of unbranched alkanes of at least 4 members (excludes halogenated alkanes) is 18. The van der Waals surface area contributed by atoms with Crippen LogP contribution in [-0.2, 0) is 58.2 Å². The molecule has 387 valence electrons. The molecule has 6 unspecified atom stereocenters. The summed E-state index contributed by atoms with van der Waals surface area (Å²) < 4.78 is 66.0. The fourth-order valence-electron chi connectivity index (χ4n) is 6.86. The van der Waals surface area contributed by atoms with Gasteiger partial charge in [-0.05, 0) is 80.1 Å². The van der Waals surface area contributed by atoms with E-state index in [4.69, 9.17) is 27.1 Å². The number of phosphoric acid groups is 3. The second-order valence-electron chi connectivity index (χ2n) is 17.9. The molecule has 0 N–H and O–H groups in total. The summed E-state index contributed by atoms with van der Waals surface area (Å²) in [4.78, 5) is 35.4. The number of phosphoric ester groups is 3. The van der Waals surface area contributed by atoms with E-state index in [1.807, 2.05) is 0 Å². The van der Waals surface area contributed by atoms with Crippen molar-refractivity contribution in [3.05, 3.63) is 0 Å². The maximum absolute atomic E-state index is 11.8. The first-order chi connectivity index (χ1) is 29.7. The first-order valence-corrected chi connectivity index (χ1v) is 30.1. The normalized spacial score (nSPS) is 17.1. The van der Waals surface area contributed by atoms with E-state index < -0.39 is 23.5 Å². The molecule has 64 heavy (non-hydrogen) atoms. The van der Waals surface area contributed by atoms with Crippen LogP contribution < -0.4 is 14.7 Å². The minimum Gasteiger partial charge on any atom is -0.756 e. The first kappa shape index (κ1) is 71.4.